The highest BCUT2D eigenvalue weighted by Crippen LogP contribution is 2.41. The fourth-order valence-electron chi connectivity index (χ4n) is 6.47. The van der Waals surface area contributed by atoms with Crippen LogP contribution in [0.1, 0.15) is 34.1 Å². The summed E-state index contributed by atoms with van der Waals surface area (Å²) in [5.41, 5.74) is 4.81. The lowest BCUT2D eigenvalue weighted by atomic mass is 9.78. The van der Waals surface area contributed by atoms with Crippen LogP contribution in [0.2, 0.25) is 5.02 Å². The number of carbonyl (C=O) groups is 4. The van der Waals surface area contributed by atoms with E-state index >= 15 is 0 Å². The molecule has 0 spiro atoms. The molecule has 8 heteroatoms. The van der Waals surface area contributed by atoms with E-state index in [0.29, 0.717) is 44.9 Å². The lowest BCUT2D eigenvalue weighted by Crippen LogP contribution is -2.31. The van der Waals surface area contributed by atoms with Crippen LogP contribution in [-0.2, 0) is 14.3 Å². The number of amides is 2. The van der Waals surface area contributed by atoms with Crippen molar-refractivity contribution in [3.05, 3.63) is 131 Å². The van der Waals surface area contributed by atoms with Crippen LogP contribution in [-0.4, -0.2) is 35.2 Å². The Morgan fingerprint density at radius 1 is 0.851 bits per heavy atom. The van der Waals surface area contributed by atoms with Crippen LogP contribution >= 0.6 is 11.6 Å². The number of rotatable bonds is 7. The van der Waals surface area contributed by atoms with E-state index in [1.807, 2.05) is 61.5 Å². The predicted molar refractivity (Wildman–Crippen MR) is 181 cm³/mol. The highest BCUT2D eigenvalue weighted by molar-refractivity contribution is 6.31. The van der Waals surface area contributed by atoms with Crippen LogP contribution < -0.4 is 4.90 Å². The number of halogens is 1. The third-order valence-corrected chi connectivity index (χ3v) is 9.17. The summed E-state index contributed by atoms with van der Waals surface area (Å²) in [6.07, 6.45) is 4.54. The fourth-order valence-corrected chi connectivity index (χ4v) is 6.64. The minimum absolute atomic E-state index is 0.00145. The van der Waals surface area contributed by atoms with Gasteiger partial charge in [0.25, 0.3) is 0 Å². The monoisotopic (exact) mass is 640 g/mol. The number of hydrogen-bond donors (Lipinski definition) is 0. The van der Waals surface area contributed by atoms with Crippen LogP contribution in [0.5, 0.6) is 0 Å². The molecule has 0 saturated carbocycles. The molecule has 0 N–H and O–H groups in total. The first-order valence-corrected chi connectivity index (χ1v) is 15.8. The van der Waals surface area contributed by atoms with Gasteiger partial charge in [-0.05, 0) is 59.9 Å². The Hall–Kier alpha value is -5.40. The van der Waals surface area contributed by atoms with Gasteiger partial charge in [0.15, 0.2) is 12.4 Å². The average molecular weight is 641 g/mol. The number of ketones is 1. The molecular weight excluding hydrogens is 612 g/mol. The molecule has 7 rings (SSSR count). The van der Waals surface area contributed by atoms with E-state index < -0.39 is 12.6 Å². The molecule has 3 unspecified atom stereocenters. The highest BCUT2D eigenvalue weighted by Gasteiger charge is 2.50. The molecule has 1 aliphatic heterocycles. The summed E-state index contributed by atoms with van der Waals surface area (Å²) in [5.74, 6) is -2.08. The Kier molecular flexibility index (Phi) is 8.00. The highest BCUT2D eigenvalue weighted by atomic mass is 35.5. The minimum atomic E-state index is -0.689. The van der Waals surface area contributed by atoms with E-state index in [-0.39, 0.29) is 40.9 Å². The zero-order chi connectivity index (χ0) is 32.7. The Morgan fingerprint density at radius 3 is 2.28 bits per heavy atom. The first-order valence-electron chi connectivity index (χ1n) is 15.4. The van der Waals surface area contributed by atoms with Gasteiger partial charge in [-0.2, -0.15) is 0 Å². The van der Waals surface area contributed by atoms with Crippen molar-refractivity contribution in [2.45, 2.75) is 13.3 Å². The molecule has 1 aliphatic carbocycles. The number of imide groups is 1. The van der Waals surface area contributed by atoms with Crippen LogP contribution in [0.15, 0.2) is 115 Å². The molecule has 0 bridgehead atoms. The van der Waals surface area contributed by atoms with Gasteiger partial charge in [0.1, 0.15) is 0 Å². The van der Waals surface area contributed by atoms with Gasteiger partial charge in [-0.1, -0.05) is 97.4 Å². The summed E-state index contributed by atoms with van der Waals surface area (Å²) >= 11 is 6.28. The van der Waals surface area contributed by atoms with E-state index in [4.69, 9.17) is 21.3 Å². The maximum Gasteiger partial charge on any atom is 0.339 e. The first-order chi connectivity index (χ1) is 22.8. The van der Waals surface area contributed by atoms with Gasteiger partial charge < -0.3 is 4.74 Å². The maximum atomic E-state index is 13.4. The van der Waals surface area contributed by atoms with Gasteiger partial charge in [-0.25, -0.2) is 9.78 Å². The molecule has 0 radical (unpaired) electrons. The topological polar surface area (TPSA) is 93.6 Å². The van der Waals surface area contributed by atoms with Gasteiger partial charge in [0, 0.05) is 21.5 Å². The largest absolute Gasteiger partial charge is 0.454 e. The molecule has 1 fully saturated rings. The second-order valence-corrected chi connectivity index (χ2v) is 12.3. The Labute approximate surface area is 276 Å². The molecule has 2 amide bonds. The molecule has 5 aromatic rings. The molecular formula is C39H29ClN2O5. The Balaban J connectivity index is 1.12. The number of allylic oxidation sites excluding steroid dienone is 2. The number of nitrogens with zero attached hydrogens (tertiary/aromatic N) is 2. The summed E-state index contributed by atoms with van der Waals surface area (Å²) in [6, 6.07) is 30.6. The van der Waals surface area contributed by atoms with E-state index in [1.165, 1.54) is 4.90 Å². The number of anilines is 1. The smallest absolute Gasteiger partial charge is 0.339 e. The number of pyridine rings is 1. The zero-order valence-corrected chi connectivity index (χ0v) is 26.2. The van der Waals surface area contributed by atoms with Crippen molar-refractivity contribution < 1.29 is 23.9 Å². The van der Waals surface area contributed by atoms with Crippen LogP contribution in [0.4, 0.5) is 5.69 Å². The predicted octanol–water partition coefficient (Wildman–Crippen LogP) is 7.96. The summed E-state index contributed by atoms with van der Waals surface area (Å²) in [7, 11) is 0. The van der Waals surface area contributed by atoms with E-state index in [2.05, 4.69) is 0 Å². The SMILES string of the molecule is CC1C=CCC2C(=O)N(c3ccc(-c4cc(C(=O)OCC(=O)c5ccc(-c6ccccc6)cc5)c5cc(Cl)ccc5n4)cc3)C(=O)C12. The number of fused-ring (bicyclic) bond motifs is 2. The minimum Gasteiger partial charge on any atom is -0.454 e. The Morgan fingerprint density at radius 2 is 1.55 bits per heavy atom. The number of Topliss-reactive ketones (excluding diaryl/α,β-unsaturated/α-hetero) is 1. The van der Waals surface area contributed by atoms with Crippen LogP contribution in [0.25, 0.3) is 33.3 Å². The van der Waals surface area contributed by atoms with Crippen molar-refractivity contribution in [3.63, 3.8) is 0 Å². The van der Waals surface area contributed by atoms with Crippen LogP contribution in [0.3, 0.4) is 0 Å². The number of esters is 1. The fraction of sp³-hybridized carbons (Fsp3) is 0.154. The third-order valence-electron chi connectivity index (χ3n) is 8.93. The molecule has 2 heterocycles. The number of benzene rings is 4. The summed E-state index contributed by atoms with van der Waals surface area (Å²) in [4.78, 5) is 58.9. The quantitative estimate of drug-likeness (QED) is 0.0775. The van der Waals surface area contributed by atoms with Gasteiger partial charge in [-0.15, -0.1) is 0 Å². The van der Waals surface area contributed by atoms with Gasteiger partial charge in [0.2, 0.25) is 11.8 Å². The van der Waals surface area contributed by atoms with E-state index in [1.54, 1.807) is 60.7 Å². The summed E-state index contributed by atoms with van der Waals surface area (Å²) in [6.45, 7) is 1.53. The van der Waals surface area contributed by atoms with Crippen molar-refractivity contribution in [2.75, 3.05) is 11.5 Å². The standard InChI is InChI=1S/C39H29ClN2O5/c1-23-6-5-9-30-36(23)38(45)42(37(30)44)29-17-14-26(15-18-29)34-21-32(31-20-28(40)16-19-33(31)41-34)39(46)47-22-35(43)27-12-10-25(11-13-27)24-7-3-2-4-8-24/h2-8,10-21,23,30,36H,9,22H2,1H3. The van der Waals surface area contributed by atoms with Crippen LogP contribution in [0, 0.1) is 17.8 Å². The van der Waals surface area contributed by atoms with Crippen molar-refractivity contribution in [3.8, 4) is 22.4 Å². The van der Waals surface area contributed by atoms with E-state index in [0.717, 1.165) is 11.1 Å². The second-order valence-electron chi connectivity index (χ2n) is 11.9. The number of aromatic nitrogens is 1. The van der Waals surface area contributed by atoms with Gasteiger partial charge in [-0.3, -0.25) is 19.3 Å². The molecule has 1 saturated heterocycles. The molecule has 4 aromatic carbocycles. The molecule has 3 atom stereocenters. The Bertz CT molecular complexity index is 2070. The second kappa shape index (κ2) is 12.4. The van der Waals surface area contributed by atoms with Gasteiger partial charge >= 0.3 is 5.97 Å². The van der Waals surface area contributed by atoms with Crippen molar-refractivity contribution in [1.29, 1.82) is 0 Å². The average Bonchev–Trinajstić information content (AvgIpc) is 3.36. The molecule has 7 nitrogen and oxygen atoms in total. The molecule has 232 valence electrons. The van der Waals surface area contributed by atoms with Crippen molar-refractivity contribution in [2.24, 2.45) is 17.8 Å². The van der Waals surface area contributed by atoms with Crippen molar-refractivity contribution >= 4 is 51.8 Å². The lowest BCUT2D eigenvalue weighted by molar-refractivity contribution is -0.122. The maximum absolute atomic E-state index is 13.4. The third kappa shape index (κ3) is 5.75. The van der Waals surface area contributed by atoms with E-state index in [9.17, 15) is 19.2 Å². The summed E-state index contributed by atoms with van der Waals surface area (Å²) in [5, 5.41) is 0.909. The number of ether oxygens (including phenoxy) is 1. The molecule has 2 aliphatic rings. The molecule has 47 heavy (non-hydrogen) atoms. The number of hydrogen-bond acceptors (Lipinski definition) is 6. The number of carbonyl (C=O) groups excluding carboxylic acids is 4. The summed E-state index contributed by atoms with van der Waals surface area (Å²) < 4.78 is 5.52. The first kappa shape index (κ1) is 30.3. The van der Waals surface area contributed by atoms with Crippen molar-refractivity contribution in [1.82, 2.24) is 4.98 Å². The lowest BCUT2D eigenvalue weighted by Gasteiger charge is -2.22. The zero-order valence-electron chi connectivity index (χ0n) is 25.4. The normalized spacial score (nSPS) is 18.8. The van der Waals surface area contributed by atoms with Gasteiger partial charge in [0.05, 0.1) is 34.3 Å². The molecule has 1 aromatic heterocycles.